The molecule has 1 aliphatic rings. The molecule has 2 aromatic heterocycles. The fraction of sp³-hybridized carbons (Fsp3) is 0.364. The van der Waals surface area contributed by atoms with Gasteiger partial charge in [0.25, 0.3) is 0 Å². The van der Waals surface area contributed by atoms with E-state index in [1.165, 1.54) is 10.4 Å². The van der Waals surface area contributed by atoms with Crippen molar-refractivity contribution in [3.63, 3.8) is 0 Å². The van der Waals surface area contributed by atoms with E-state index in [1.807, 2.05) is 10.8 Å². The predicted molar refractivity (Wildman–Crippen MR) is 72.2 cm³/mol. The highest BCUT2D eigenvalue weighted by Crippen LogP contribution is 2.30. The van der Waals surface area contributed by atoms with Crippen LogP contribution in [0.2, 0.25) is 0 Å². The Kier molecular flexibility index (Phi) is 3.44. The summed E-state index contributed by atoms with van der Waals surface area (Å²) < 4.78 is 33.7. The molecule has 0 saturated carbocycles. The van der Waals surface area contributed by atoms with Gasteiger partial charge >= 0.3 is 0 Å². The van der Waals surface area contributed by atoms with Crippen molar-refractivity contribution in [2.45, 2.75) is 24.6 Å². The molecule has 9 heteroatoms. The van der Waals surface area contributed by atoms with Crippen molar-refractivity contribution in [3.8, 4) is 0 Å². The van der Waals surface area contributed by atoms with Gasteiger partial charge in [0.05, 0.1) is 6.54 Å². The van der Waals surface area contributed by atoms with Gasteiger partial charge < -0.3 is 14.1 Å². The van der Waals surface area contributed by atoms with Gasteiger partial charge in [-0.15, -0.1) is 0 Å². The second-order valence-corrected chi connectivity index (χ2v) is 7.01. The average Bonchev–Trinajstić information content (AvgIpc) is 3.03. The molecular weight excluding hydrogens is 350 g/mol. The van der Waals surface area contributed by atoms with E-state index in [0.717, 1.165) is 0 Å². The predicted octanol–water partition coefficient (Wildman–Crippen LogP) is 0.935. The van der Waals surface area contributed by atoms with Crippen molar-refractivity contribution in [1.82, 2.24) is 13.9 Å². The standard InChI is InChI=1S/C11H12BrN3O4S/c12-11-9(5-8(7-16)19-11)20(17,18)15-4-3-14-2-1-13-10(14)6-15/h1-2,5,16H,3-4,6-7H2. The van der Waals surface area contributed by atoms with E-state index in [2.05, 4.69) is 20.9 Å². The van der Waals surface area contributed by atoms with Gasteiger partial charge in [-0.05, 0) is 15.9 Å². The highest BCUT2D eigenvalue weighted by Gasteiger charge is 2.32. The van der Waals surface area contributed by atoms with E-state index >= 15 is 0 Å². The van der Waals surface area contributed by atoms with Crippen LogP contribution >= 0.6 is 15.9 Å². The molecular formula is C11H12BrN3O4S. The number of aliphatic hydroxyl groups excluding tert-OH is 1. The van der Waals surface area contributed by atoms with Gasteiger partial charge in [0.2, 0.25) is 10.0 Å². The highest BCUT2D eigenvalue weighted by molar-refractivity contribution is 9.10. The second kappa shape index (κ2) is 4.99. The molecule has 1 N–H and O–H groups in total. The summed E-state index contributed by atoms with van der Waals surface area (Å²) in [5.74, 6) is 0.913. The third kappa shape index (κ3) is 2.20. The minimum atomic E-state index is -3.67. The first-order chi connectivity index (χ1) is 9.52. The molecule has 0 aromatic carbocycles. The summed E-state index contributed by atoms with van der Waals surface area (Å²) in [6.45, 7) is 0.814. The summed E-state index contributed by atoms with van der Waals surface area (Å²) in [5.41, 5.74) is 0. The number of aromatic nitrogens is 2. The van der Waals surface area contributed by atoms with Gasteiger partial charge in [0.15, 0.2) is 4.67 Å². The number of fused-ring (bicyclic) bond motifs is 1. The number of aliphatic hydroxyl groups is 1. The second-order valence-electron chi connectivity index (χ2n) is 4.38. The molecule has 0 aliphatic carbocycles. The van der Waals surface area contributed by atoms with Gasteiger partial charge in [-0.3, -0.25) is 0 Å². The van der Waals surface area contributed by atoms with Crippen LogP contribution in [-0.2, 0) is 29.7 Å². The molecule has 0 amide bonds. The van der Waals surface area contributed by atoms with E-state index in [9.17, 15) is 8.42 Å². The topological polar surface area (TPSA) is 88.6 Å². The number of rotatable bonds is 3. The van der Waals surface area contributed by atoms with Crippen LogP contribution in [0.4, 0.5) is 0 Å². The summed E-state index contributed by atoms with van der Waals surface area (Å²) in [4.78, 5) is 4.17. The van der Waals surface area contributed by atoms with Crippen LogP contribution in [0.15, 0.2) is 32.4 Å². The summed E-state index contributed by atoms with van der Waals surface area (Å²) in [5, 5.41) is 9.02. The minimum absolute atomic E-state index is 0.0292. The molecule has 0 radical (unpaired) electrons. The molecule has 0 saturated heterocycles. The maximum Gasteiger partial charge on any atom is 0.247 e. The van der Waals surface area contributed by atoms with Gasteiger partial charge in [0, 0.05) is 31.5 Å². The van der Waals surface area contributed by atoms with Crippen LogP contribution in [0.5, 0.6) is 0 Å². The fourth-order valence-corrected chi connectivity index (χ4v) is 4.49. The Labute approximate surface area is 124 Å². The molecule has 20 heavy (non-hydrogen) atoms. The van der Waals surface area contributed by atoms with E-state index < -0.39 is 10.0 Å². The quantitative estimate of drug-likeness (QED) is 0.878. The number of sulfonamides is 1. The lowest BCUT2D eigenvalue weighted by atomic mass is 10.4. The maximum absolute atomic E-state index is 12.6. The van der Waals surface area contributed by atoms with Crippen molar-refractivity contribution in [3.05, 3.63) is 34.7 Å². The lowest BCUT2D eigenvalue weighted by molar-refractivity contribution is 0.245. The van der Waals surface area contributed by atoms with Gasteiger partial charge in [-0.2, -0.15) is 4.31 Å². The van der Waals surface area contributed by atoms with Crippen molar-refractivity contribution in [2.24, 2.45) is 0 Å². The summed E-state index contributed by atoms with van der Waals surface area (Å²) in [6, 6.07) is 1.33. The number of halogens is 1. The number of imidazole rings is 1. The molecule has 3 rings (SSSR count). The van der Waals surface area contributed by atoms with Crippen LogP contribution in [-0.4, -0.2) is 33.9 Å². The van der Waals surface area contributed by atoms with Crippen LogP contribution in [0, 0.1) is 0 Å². The first-order valence-corrected chi connectivity index (χ1v) is 8.15. The molecule has 0 spiro atoms. The normalized spacial score (nSPS) is 16.3. The highest BCUT2D eigenvalue weighted by atomic mass is 79.9. The third-order valence-corrected chi connectivity index (χ3v) is 5.89. The Morgan fingerprint density at radius 3 is 2.95 bits per heavy atom. The third-order valence-electron chi connectivity index (χ3n) is 3.19. The van der Waals surface area contributed by atoms with Crippen molar-refractivity contribution in [1.29, 1.82) is 0 Å². The largest absolute Gasteiger partial charge is 0.450 e. The monoisotopic (exact) mass is 361 g/mol. The number of nitrogens with zero attached hydrogens (tertiary/aromatic N) is 3. The van der Waals surface area contributed by atoms with Gasteiger partial charge in [-0.1, -0.05) is 0 Å². The molecule has 0 atom stereocenters. The van der Waals surface area contributed by atoms with E-state index in [4.69, 9.17) is 9.52 Å². The summed E-state index contributed by atoms with van der Waals surface area (Å²) in [7, 11) is -3.67. The maximum atomic E-state index is 12.6. The van der Waals surface area contributed by atoms with Gasteiger partial charge in [-0.25, -0.2) is 13.4 Å². The summed E-state index contributed by atoms with van der Waals surface area (Å²) in [6.07, 6.45) is 3.49. The molecule has 108 valence electrons. The smallest absolute Gasteiger partial charge is 0.247 e. The molecule has 2 aromatic rings. The van der Waals surface area contributed by atoms with Crippen LogP contribution < -0.4 is 0 Å². The van der Waals surface area contributed by atoms with Crippen LogP contribution in [0.1, 0.15) is 11.6 Å². The van der Waals surface area contributed by atoms with Crippen molar-refractivity contribution in [2.75, 3.05) is 6.54 Å². The van der Waals surface area contributed by atoms with Gasteiger partial charge in [0.1, 0.15) is 23.1 Å². The van der Waals surface area contributed by atoms with E-state index in [0.29, 0.717) is 18.9 Å². The first kappa shape index (κ1) is 13.8. The molecule has 3 heterocycles. The Bertz CT molecular complexity index is 737. The molecule has 0 fully saturated rings. The first-order valence-electron chi connectivity index (χ1n) is 5.91. The van der Waals surface area contributed by atoms with Crippen LogP contribution in [0.25, 0.3) is 0 Å². The molecule has 0 unspecified atom stereocenters. The molecule has 1 aliphatic heterocycles. The van der Waals surface area contributed by atoms with Crippen molar-refractivity contribution >= 4 is 26.0 Å². The lowest BCUT2D eigenvalue weighted by Gasteiger charge is -2.26. The Morgan fingerprint density at radius 2 is 2.25 bits per heavy atom. The van der Waals surface area contributed by atoms with E-state index in [1.54, 1.807) is 6.20 Å². The Balaban J connectivity index is 1.95. The molecule has 0 bridgehead atoms. The number of furan rings is 1. The zero-order valence-corrected chi connectivity index (χ0v) is 12.8. The molecule has 7 nitrogen and oxygen atoms in total. The van der Waals surface area contributed by atoms with Crippen LogP contribution in [0.3, 0.4) is 0 Å². The lowest BCUT2D eigenvalue weighted by Crippen LogP contribution is -2.38. The number of hydrogen-bond acceptors (Lipinski definition) is 5. The van der Waals surface area contributed by atoms with Crippen molar-refractivity contribution < 1.29 is 17.9 Å². The van der Waals surface area contributed by atoms with E-state index in [-0.39, 0.29) is 28.5 Å². The minimum Gasteiger partial charge on any atom is -0.450 e. The Hall–Kier alpha value is -1.16. The summed E-state index contributed by atoms with van der Waals surface area (Å²) >= 11 is 3.08. The zero-order valence-electron chi connectivity index (χ0n) is 10.4. The Morgan fingerprint density at radius 1 is 1.45 bits per heavy atom. The fourth-order valence-electron chi connectivity index (χ4n) is 2.15. The zero-order chi connectivity index (χ0) is 14.3. The number of hydrogen-bond donors (Lipinski definition) is 1. The average molecular weight is 362 g/mol. The SMILES string of the molecule is O=S(=O)(c1cc(CO)oc1Br)N1CCn2ccnc2C1.